The molecule has 0 spiro atoms. The zero-order chi connectivity index (χ0) is 48.0. The number of nitriles is 2. The van der Waals surface area contributed by atoms with Crippen LogP contribution in [0.5, 0.6) is 0 Å². The number of nitrogens with zero attached hydrogens (tertiary/aromatic N) is 6. The molecule has 2 saturated heterocycles. The summed E-state index contributed by atoms with van der Waals surface area (Å²) in [5.41, 5.74) is 3.09. The number of rotatable bonds is 14. The highest BCUT2D eigenvalue weighted by Gasteiger charge is 2.32. The molecule has 0 aliphatic carbocycles. The van der Waals surface area contributed by atoms with Crippen LogP contribution in [-0.2, 0) is 50.6 Å². The van der Waals surface area contributed by atoms with Gasteiger partial charge in [-0.05, 0) is 76.6 Å². The third kappa shape index (κ3) is 13.6. The molecule has 2 aromatic heterocycles. The number of pyridine rings is 2. The minimum Gasteiger partial charge on any atom is -0.462 e. The third-order valence-corrected chi connectivity index (χ3v) is 13.3. The summed E-state index contributed by atoms with van der Waals surface area (Å²) in [6.07, 6.45) is 1.66. The molecule has 2 amide bonds. The van der Waals surface area contributed by atoms with E-state index >= 15 is 0 Å². The minimum atomic E-state index is -3.80. The Bertz CT molecular complexity index is 2520. The first-order valence-corrected chi connectivity index (χ1v) is 24.6. The Morgan fingerprint density at radius 1 is 0.621 bits per heavy atom. The average Bonchev–Trinajstić information content (AvgIpc) is 3.29. The van der Waals surface area contributed by atoms with Crippen molar-refractivity contribution in [2.45, 2.75) is 64.9 Å². The molecule has 20 heteroatoms. The maximum absolute atomic E-state index is 12.6. The third-order valence-electron chi connectivity index (χ3n) is 10.9. The number of amides is 2. The van der Waals surface area contributed by atoms with Crippen molar-refractivity contribution in [3.05, 3.63) is 118 Å². The van der Waals surface area contributed by atoms with Crippen LogP contribution in [0.4, 0.5) is 11.6 Å². The first-order chi connectivity index (χ1) is 31.5. The molecule has 0 radical (unpaired) electrons. The number of hydrogen-bond acceptors (Lipinski definition) is 16. The second-order valence-corrected chi connectivity index (χ2v) is 19.0. The highest BCUT2D eigenvalue weighted by molar-refractivity contribution is 7.89. The summed E-state index contributed by atoms with van der Waals surface area (Å²) in [5, 5.41) is 19.1. The van der Waals surface area contributed by atoms with Crippen molar-refractivity contribution >= 4 is 55.4 Å². The topological polar surface area (TPSA) is 259 Å². The summed E-state index contributed by atoms with van der Waals surface area (Å²) in [4.78, 5) is 62.0. The van der Waals surface area contributed by atoms with Crippen molar-refractivity contribution in [3.63, 3.8) is 0 Å². The number of benzene rings is 2. The molecule has 6 rings (SSSR count). The van der Waals surface area contributed by atoms with Gasteiger partial charge in [0.15, 0.2) is 0 Å². The van der Waals surface area contributed by atoms with Gasteiger partial charge >= 0.3 is 11.9 Å². The Morgan fingerprint density at radius 3 is 1.26 bits per heavy atom. The van der Waals surface area contributed by atoms with Crippen LogP contribution in [0.25, 0.3) is 0 Å². The van der Waals surface area contributed by atoms with Crippen molar-refractivity contribution in [2.24, 2.45) is 11.8 Å². The van der Waals surface area contributed by atoms with E-state index < -0.39 is 55.6 Å². The van der Waals surface area contributed by atoms with Crippen molar-refractivity contribution < 1.29 is 45.5 Å². The normalized spacial score (nSPS) is 14.4. The van der Waals surface area contributed by atoms with Crippen molar-refractivity contribution in [3.8, 4) is 12.1 Å². The molecule has 2 N–H and O–H groups in total. The number of anilines is 2. The number of ether oxygens (including phenoxy) is 2. The Kier molecular flexibility index (Phi) is 17.3. The van der Waals surface area contributed by atoms with Crippen LogP contribution in [0.3, 0.4) is 0 Å². The molecule has 18 nitrogen and oxygen atoms in total. The van der Waals surface area contributed by atoms with Crippen LogP contribution in [0.2, 0.25) is 0 Å². The van der Waals surface area contributed by atoms with Gasteiger partial charge in [-0.15, -0.1) is 0 Å². The molecule has 2 aromatic carbocycles. The van der Waals surface area contributed by atoms with E-state index in [4.69, 9.17) is 9.47 Å². The van der Waals surface area contributed by atoms with E-state index in [0.717, 1.165) is 0 Å². The number of hydrogen-bond donors (Lipinski definition) is 2. The molecule has 2 aliphatic rings. The van der Waals surface area contributed by atoms with Crippen LogP contribution in [0.1, 0.15) is 93.9 Å². The second kappa shape index (κ2) is 22.8. The van der Waals surface area contributed by atoms with E-state index in [9.17, 15) is 46.5 Å². The molecule has 0 atom stereocenters. The standard InChI is InChI=1S/2C23H26N4O5S/c2*1-3-32-23(29)20-13-19(14-24)21(25-16(20)2)27-11-9-18(10-12-27)22(28)26-33(30,31)15-17-7-5-4-6-8-17/h2*4-8,13,18H,3,9-12,15H2,1-2H3,(H,26,28). The number of sulfonamides is 2. The molecule has 348 valence electrons. The van der Waals surface area contributed by atoms with Gasteiger partial charge in [-0.2, -0.15) is 10.5 Å². The predicted molar refractivity (Wildman–Crippen MR) is 244 cm³/mol. The van der Waals surface area contributed by atoms with Gasteiger partial charge < -0.3 is 19.3 Å². The van der Waals surface area contributed by atoms with E-state index in [1.165, 1.54) is 12.1 Å². The molecule has 4 aromatic rings. The zero-order valence-corrected chi connectivity index (χ0v) is 38.8. The Labute approximate surface area is 385 Å². The fourth-order valence-electron chi connectivity index (χ4n) is 7.50. The van der Waals surface area contributed by atoms with E-state index in [0.29, 0.717) is 86.0 Å². The number of esters is 2. The van der Waals surface area contributed by atoms with Crippen molar-refractivity contribution in [1.82, 2.24) is 19.4 Å². The number of carbonyl (C=O) groups is 4. The SMILES string of the molecule is CCOC(=O)c1cc(C#N)c(N2CCC(C(=O)NS(=O)(=O)Cc3ccccc3)CC2)nc1C.CCOC(=O)c1cc(C#N)c(N2CCC(C(=O)NS(=O)(=O)Cc3ccccc3)CC2)nc1C. The Balaban J connectivity index is 0.000000247. The van der Waals surface area contributed by atoms with E-state index in [1.807, 2.05) is 9.80 Å². The lowest BCUT2D eigenvalue weighted by molar-refractivity contribution is -0.124. The molecule has 66 heavy (non-hydrogen) atoms. The van der Waals surface area contributed by atoms with Crippen LogP contribution in [0, 0.1) is 48.3 Å². The maximum atomic E-state index is 12.6. The van der Waals surface area contributed by atoms with Gasteiger partial charge in [0.1, 0.15) is 23.8 Å². The van der Waals surface area contributed by atoms with Crippen LogP contribution >= 0.6 is 0 Å². The average molecular weight is 941 g/mol. The summed E-state index contributed by atoms with van der Waals surface area (Å²) < 4.78 is 63.9. The highest BCUT2D eigenvalue weighted by atomic mass is 32.2. The predicted octanol–water partition coefficient (Wildman–Crippen LogP) is 4.60. The molecular weight excluding hydrogens is 889 g/mol. The summed E-state index contributed by atoms with van der Waals surface area (Å²) >= 11 is 0. The lowest BCUT2D eigenvalue weighted by Crippen LogP contribution is -2.43. The van der Waals surface area contributed by atoms with Gasteiger partial charge in [-0.3, -0.25) is 19.0 Å². The molecule has 0 saturated carbocycles. The molecular formula is C46H52N8O10S2. The number of nitrogens with one attached hydrogen (secondary N) is 2. The Morgan fingerprint density at radius 2 is 0.955 bits per heavy atom. The van der Waals surface area contributed by atoms with E-state index in [1.54, 1.807) is 88.4 Å². The molecule has 2 aliphatic heterocycles. The largest absolute Gasteiger partial charge is 0.462 e. The summed E-state index contributed by atoms with van der Waals surface area (Å²) in [6, 6.07) is 24.4. The van der Waals surface area contributed by atoms with Gasteiger partial charge in [0.05, 0.1) is 58.4 Å². The zero-order valence-electron chi connectivity index (χ0n) is 37.2. The van der Waals surface area contributed by atoms with Crippen molar-refractivity contribution in [2.75, 3.05) is 49.2 Å². The number of piperidine rings is 2. The monoisotopic (exact) mass is 940 g/mol. The van der Waals surface area contributed by atoms with E-state index in [2.05, 4.69) is 31.6 Å². The van der Waals surface area contributed by atoms with Crippen LogP contribution < -0.4 is 19.2 Å². The highest BCUT2D eigenvalue weighted by Crippen LogP contribution is 2.29. The fraction of sp³-hybridized carbons (Fsp3) is 0.391. The van der Waals surface area contributed by atoms with Crippen molar-refractivity contribution in [1.29, 1.82) is 10.5 Å². The quantitative estimate of drug-likeness (QED) is 0.164. The number of aromatic nitrogens is 2. The minimum absolute atomic E-state index is 0.221. The molecule has 2 fully saturated rings. The van der Waals surface area contributed by atoms with Gasteiger partial charge in [0.25, 0.3) is 0 Å². The summed E-state index contributed by atoms with van der Waals surface area (Å²) in [7, 11) is -7.59. The molecule has 0 unspecified atom stereocenters. The first kappa shape index (κ1) is 50.1. The van der Waals surface area contributed by atoms with E-state index in [-0.39, 0.29) is 47.0 Å². The molecule has 4 heterocycles. The first-order valence-electron chi connectivity index (χ1n) is 21.3. The van der Waals surface area contributed by atoms with Crippen LogP contribution in [-0.4, -0.2) is 89.9 Å². The smallest absolute Gasteiger partial charge is 0.340 e. The van der Waals surface area contributed by atoms with Gasteiger partial charge in [-0.1, -0.05) is 60.7 Å². The van der Waals surface area contributed by atoms with Gasteiger partial charge in [0, 0.05) is 38.0 Å². The second-order valence-electron chi connectivity index (χ2n) is 15.6. The van der Waals surface area contributed by atoms with Crippen LogP contribution in [0.15, 0.2) is 72.8 Å². The maximum Gasteiger partial charge on any atom is 0.340 e. The Hall–Kier alpha value is -6.90. The lowest BCUT2D eigenvalue weighted by Gasteiger charge is -2.32. The van der Waals surface area contributed by atoms with Gasteiger partial charge in [-0.25, -0.2) is 36.4 Å². The fourth-order valence-corrected chi connectivity index (χ4v) is 9.86. The molecule has 0 bridgehead atoms. The number of carbonyl (C=O) groups excluding carboxylic acids is 4. The number of aryl methyl sites for hydroxylation is 2. The van der Waals surface area contributed by atoms with Gasteiger partial charge in [0.2, 0.25) is 31.9 Å². The summed E-state index contributed by atoms with van der Waals surface area (Å²) in [6.45, 7) is 8.90. The lowest BCUT2D eigenvalue weighted by atomic mass is 9.96. The summed E-state index contributed by atoms with van der Waals surface area (Å²) in [5.74, 6) is -2.66.